The number of unbranched alkanes of at least 4 members (excludes halogenated alkanes) is 1. The number of hydrogen-bond donors (Lipinski definition) is 2. The van der Waals surface area contributed by atoms with Crippen LogP contribution in [0.25, 0.3) is 0 Å². The van der Waals surface area contributed by atoms with Crippen molar-refractivity contribution < 1.29 is 9.47 Å². The predicted octanol–water partition coefficient (Wildman–Crippen LogP) is 3.71. The molecule has 2 rings (SSSR count). The van der Waals surface area contributed by atoms with E-state index in [0.29, 0.717) is 0 Å². The Balaban J connectivity index is 2.07. The largest absolute Gasteiger partial charge is 0.496 e. The molecule has 0 amide bonds. The van der Waals surface area contributed by atoms with Gasteiger partial charge in [0.25, 0.3) is 0 Å². The number of thioether (sulfide) groups is 1. The van der Waals surface area contributed by atoms with E-state index in [1.807, 2.05) is 37.0 Å². The Morgan fingerprint density at radius 1 is 1.30 bits per heavy atom. The van der Waals surface area contributed by atoms with Gasteiger partial charge < -0.3 is 20.1 Å². The standard InChI is InChI=1S/C20H32ClN3O2S/c1-22-19(23-10-4-5-13-27-3)24-15-20(8-11-26-12-9-20)17-14-16(21)6-7-18(17)25-2/h6-7,14H,4-5,8-13,15H2,1-3H3,(H2,22,23,24). The summed E-state index contributed by atoms with van der Waals surface area (Å²) in [7, 11) is 3.52. The summed E-state index contributed by atoms with van der Waals surface area (Å²) in [6, 6.07) is 5.86. The highest BCUT2D eigenvalue weighted by Crippen LogP contribution is 2.40. The van der Waals surface area contributed by atoms with Crippen LogP contribution >= 0.6 is 23.4 Å². The van der Waals surface area contributed by atoms with Crippen LogP contribution in [0, 0.1) is 0 Å². The summed E-state index contributed by atoms with van der Waals surface area (Å²) in [4.78, 5) is 4.38. The number of methoxy groups -OCH3 is 1. The van der Waals surface area contributed by atoms with Crippen molar-refractivity contribution in [2.45, 2.75) is 31.1 Å². The molecule has 0 aromatic heterocycles. The molecule has 1 saturated heterocycles. The van der Waals surface area contributed by atoms with Gasteiger partial charge in [-0.15, -0.1) is 0 Å². The minimum Gasteiger partial charge on any atom is -0.496 e. The van der Waals surface area contributed by atoms with Gasteiger partial charge in [0.1, 0.15) is 5.75 Å². The third-order valence-electron chi connectivity index (χ3n) is 5.07. The molecule has 5 nitrogen and oxygen atoms in total. The van der Waals surface area contributed by atoms with Crippen LogP contribution in [0.2, 0.25) is 5.02 Å². The average molecular weight is 414 g/mol. The molecule has 1 aliphatic heterocycles. The molecule has 2 N–H and O–H groups in total. The first-order valence-corrected chi connectivity index (χ1v) is 11.3. The number of aliphatic imine (C=N–C) groups is 1. The second-order valence-electron chi connectivity index (χ2n) is 6.79. The smallest absolute Gasteiger partial charge is 0.191 e. The van der Waals surface area contributed by atoms with Crippen molar-refractivity contribution in [1.29, 1.82) is 0 Å². The average Bonchev–Trinajstić information content (AvgIpc) is 2.70. The third-order valence-corrected chi connectivity index (χ3v) is 6.00. The summed E-state index contributed by atoms with van der Waals surface area (Å²) in [6.45, 7) is 3.16. The lowest BCUT2D eigenvalue weighted by molar-refractivity contribution is 0.0505. The van der Waals surface area contributed by atoms with Crippen LogP contribution in [-0.2, 0) is 10.2 Å². The van der Waals surface area contributed by atoms with Crippen LogP contribution in [-0.4, -0.2) is 58.4 Å². The van der Waals surface area contributed by atoms with E-state index in [1.54, 1.807) is 7.11 Å². The third kappa shape index (κ3) is 6.47. The number of guanidine groups is 1. The van der Waals surface area contributed by atoms with Crippen molar-refractivity contribution in [1.82, 2.24) is 10.6 Å². The zero-order chi connectivity index (χ0) is 19.5. The molecule has 0 saturated carbocycles. The fraction of sp³-hybridized carbons (Fsp3) is 0.650. The van der Waals surface area contributed by atoms with Gasteiger partial charge >= 0.3 is 0 Å². The summed E-state index contributed by atoms with van der Waals surface area (Å²) in [5.41, 5.74) is 1.05. The molecule has 0 bridgehead atoms. The number of hydrogen-bond acceptors (Lipinski definition) is 4. The van der Waals surface area contributed by atoms with E-state index >= 15 is 0 Å². The number of halogens is 1. The lowest BCUT2D eigenvalue weighted by Crippen LogP contribution is -2.48. The molecule has 0 aliphatic carbocycles. The van der Waals surface area contributed by atoms with E-state index in [2.05, 4.69) is 21.9 Å². The highest BCUT2D eigenvalue weighted by atomic mass is 35.5. The highest BCUT2D eigenvalue weighted by molar-refractivity contribution is 7.98. The van der Waals surface area contributed by atoms with Crippen LogP contribution in [0.4, 0.5) is 0 Å². The number of nitrogens with one attached hydrogen (secondary N) is 2. The zero-order valence-electron chi connectivity index (χ0n) is 16.6. The van der Waals surface area contributed by atoms with E-state index in [1.165, 1.54) is 12.2 Å². The van der Waals surface area contributed by atoms with Crippen LogP contribution in [0.5, 0.6) is 5.75 Å². The van der Waals surface area contributed by atoms with Gasteiger partial charge in [-0.25, -0.2) is 0 Å². The van der Waals surface area contributed by atoms with E-state index in [9.17, 15) is 0 Å². The van der Waals surface area contributed by atoms with Crippen LogP contribution in [0.15, 0.2) is 23.2 Å². The molecule has 0 spiro atoms. The van der Waals surface area contributed by atoms with Gasteiger partial charge in [0.05, 0.1) is 7.11 Å². The van der Waals surface area contributed by atoms with Crippen LogP contribution in [0.3, 0.4) is 0 Å². The summed E-state index contributed by atoms with van der Waals surface area (Å²) >= 11 is 8.20. The number of ether oxygens (including phenoxy) is 2. The summed E-state index contributed by atoms with van der Waals surface area (Å²) in [6.07, 6.45) is 6.34. The molecule has 1 aromatic carbocycles. The Kier molecular flexibility index (Phi) is 9.59. The van der Waals surface area contributed by atoms with E-state index in [4.69, 9.17) is 21.1 Å². The van der Waals surface area contributed by atoms with Gasteiger partial charge in [0.15, 0.2) is 5.96 Å². The van der Waals surface area contributed by atoms with Gasteiger partial charge in [-0.2, -0.15) is 11.8 Å². The number of benzene rings is 1. The normalized spacial score (nSPS) is 16.8. The maximum absolute atomic E-state index is 6.31. The van der Waals surface area contributed by atoms with Gasteiger partial charge in [0.2, 0.25) is 0 Å². The van der Waals surface area contributed by atoms with Crippen molar-refractivity contribution in [3.63, 3.8) is 0 Å². The molecule has 0 atom stereocenters. The second-order valence-corrected chi connectivity index (χ2v) is 8.21. The van der Waals surface area contributed by atoms with Gasteiger partial charge in [0, 0.05) is 49.4 Å². The van der Waals surface area contributed by atoms with E-state index in [0.717, 1.165) is 67.9 Å². The molecule has 0 radical (unpaired) electrons. The Bertz CT molecular complexity index is 607. The Morgan fingerprint density at radius 3 is 2.74 bits per heavy atom. The van der Waals surface area contributed by atoms with Crippen LogP contribution in [0.1, 0.15) is 31.2 Å². The molecule has 7 heteroatoms. The molecule has 0 unspecified atom stereocenters. The van der Waals surface area contributed by atoms with E-state index < -0.39 is 0 Å². The molecule has 152 valence electrons. The summed E-state index contributed by atoms with van der Waals surface area (Å²) < 4.78 is 11.3. The van der Waals surface area contributed by atoms with Gasteiger partial charge in [-0.05, 0) is 55.9 Å². The van der Waals surface area contributed by atoms with Crippen molar-refractivity contribution in [3.8, 4) is 5.75 Å². The Morgan fingerprint density at radius 2 is 2.07 bits per heavy atom. The topological polar surface area (TPSA) is 54.9 Å². The first-order chi connectivity index (χ1) is 13.1. The van der Waals surface area contributed by atoms with Gasteiger partial charge in [-0.3, -0.25) is 4.99 Å². The highest BCUT2D eigenvalue weighted by Gasteiger charge is 2.37. The molecule has 1 aromatic rings. The van der Waals surface area contributed by atoms with Crippen molar-refractivity contribution in [2.24, 2.45) is 4.99 Å². The monoisotopic (exact) mass is 413 g/mol. The molecular weight excluding hydrogens is 382 g/mol. The minimum absolute atomic E-state index is 0.0923. The van der Waals surface area contributed by atoms with Crippen molar-refractivity contribution in [3.05, 3.63) is 28.8 Å². The first kappa shape index (κ1) is 22.2. The maximum Gasteiger partial charge on any atom is 0.191 e. The molecule has 27 heavy (non-hydrogen) atoms. The summed E-state index contributed by atoms with van der Waals surface area (Å²) in [5.74, 6) is 2.92. The molecular formula is C20H32ClN3O2S. The first-order valence-electron chi connectivity index (χ1n) is 9.50. The number of nitrogens with zero attached hydrogens (tertiary/aromatic N) is 1. The molecule has 1 aliphatic rings. The van der Waals surface area contributed by atoms with E-state index in [-0.39, 0.29) is 5.41 Å². The zero-order valence-corrected chi connectivity index (χ0v) is 18.2. The van der Waals surface area contributed by atoms with Gasteiger partial charge in [-0.1, -0.05) is 11.6 Å². The predicted molar refractivity (Wildman–Crippen MR) is 117 cm³/mol. The Hall–Kier alpha value is -1.11. The maximum atomic E-state index is 6.31. The van der Waals surface area contributed by atoms with Crippen molar-refractivity contribution >= 4 is 29.3 Å². The lowest BCUT2D eigenvalue weighted by Gasteiger charge is -2.39. The lowest BCUT2D eigenvalue weighted by atomic mass is 9.73. The summed E-state index contributed by atoms with van der Waals surface area (Å²) in [5, 5.41) is 7.67. The number of rotatable bonds is 9. The van der Waals surface area contributed by atoms with Crippen molar-refractivity contribution in [2.75, 3.05) is 52.5 Å². The Labute approximate surface area is 172 Å². The fourth-order valence-corrected chi connectivity index (χ4v) is 4.11. The fourth-order valence-electron chi connectivity index (χ4n) is 3.45. The minimum atomic E-state index is -0.0923. The molecule has 1 fully saturated rings. The van der Waals surface area contributed by atoms with Crippen LogP contribution < -0.4 is 15.4 Å². The second kappa shape index (κ2) is 11.7. The quantitative estimate of drug-likeness (QED) is 0.367. The SMILES string of the molecule is CN=C(NCCCCSC)NCC1(c2cc(Cl)ccc2OC)CCOCC1. The molecule has 1 heterocycles.